The highest BCUT2D eigenvalue weighted by Crippen LogP contribution is 2.00. The van der Waals surface area contributed by atoms with Crippen molar-refractivity contribution in [3.05, 3.63) is 4.91 Å². The molecule has 0 aliphatic heterocycles. The molecule has 0 aromatic rings. The fourth-order valence-electron chi connectivity index (χ4n) is 0.500. The zero-order chi connectivity index (χ0) is 8.85. The first-order valence-electron chi connectivity index (χ1n) is 2.91. The number of hydrogen-bond donors (Lipinski definition) is 2. The Balaban J connectivity index is 3.79. The average Bonchev–Trinajstić information content (AvgIpc) is 1.87. The first kappa shape index (κ1) is 9.54. The fourth-order valence-corrected chi connectivity index (χ4v) is 0.500. The molecule has 1 amide bonds. The first-order chi connectivity index (χ1) is 5.07. The van der Waals surface area contributed by atoms with Crippen LogP contribution in [0.4, 0.5) is 0 Å². The lowest BCUT2D eigenvalue weighted by Crippen LogP contribution is -2.20. The summed E-state index contributed by atoms with van der Waals surface area (Å²) in [5, 5.41) is 10.5. The monoisotopic (exact) mass is 160 g/mol. The third-order valence-electron chi connectivity index (χ3n) is 1.08. The summed E-state index contributed by atoms with van der Waals surface area (Å²) in [6, 6.07) is -1.36. The summed E-state index contributed by atoms with van der Waals surface area (Å²) in [5.41, 5.74) is 4.72. The maximum absolute atomic E-state index is 10.1. The molecule has 0 saturated heterocycles. The van der Waals surface area contributed by atoms with E-state index in [-0.39, 0.29) is 12.8 Å². The molecule has 0 saturated carbocycles. The van der Waals surface area contributed by atoms with E-state index in [0.29, 0.717) is 0 Å². The molecule has 0 rings (SSSR count). The standard InChI is InChI=1S/C5H8N2O4/c6-4(8)2-1-3(7-11)5(9)10/h3H,1-2H2,(H2,6,8)(H,9,10)/t3-/m0/s1. The Labute approximate surface area is 62.4 Å². The van der Waals surface area contributed by atoms with E-state index in [0.717, 1.165) is 0 Å². The molecule has 6 heteroatoms. The minimum atomic E-state index is -1.36. The molecule has 0 spiro atoms. The van der Waals surface area contributed by atoms with E-state index in [2.05, 4.69) is 5.18 Å². The van der Waals surface area contributed by atoms with Gasteiger partial charge in [-0.25, -0.2) is 4.79 Å². The Kier molecular flexibility index (Phi) is 3.79. The van der Waals surface area contributed by atoms with Crippen LogP contribution in [0.2, 0.25) is 0 Å². The van der Waals surface area contributed by atoms with Crippen LogP contribution in [0.3, 0.4) is 0 Å². The third-order valence-corrected chi connectivity index (χ3v) is 1.08. The van der Waals surface area contributed by atoms with Gasteiger partial charge in [0.1, 0.15) is 0 Å². The maximum atomic E-state index is 10.1. The Bertz CT molecular complexity index is 179. The van der Waals surface area contributed by atoms with E-state index >= 15 is 0 Å². The molecule has 0 aromatic heterocycles. The smallest absolute Gasteiger partial charge is 0.332 e. The zero-order valence-electron chi connectivity index (χ0n) is 5.69. The predicted octanol–water partition coefficient (Wildman–Crippen LogP) is -0.529. The van der Waals surface area contributed by atoms with Crippen LogP contribution in [0.25, 0.3) is 0 Å². The number of nitrogens with two attached hydrogens (primary N) is 1. The van der Waals surface area contributed by atoms with Gasteiger partial charge in [-0.05, 0) is 6.42 Å². The minimum absolute atomic E-state index is 0.131. The molecule has 11 heavy (non-hydrogen) atoms. The Hall–Kier alpha value is -1.46. The summed E-state index contributed by atoms with van der Waals surface area (Å²) in [6.45, 7) is 0. The fraction of sp³-hybridized carbons (Fsp3) is 0.600. The van der Waals surface area contributed by atoms with Gasteiger partial charge in [0.25, 0.3) is 0 Å². The molecule has 0 unspecified atom stereocenters. The first-order valence-corrected chi connectivity index (χ1v) is 2.91. The summed E-state index contributed by atoms with van der Waals surface area (Å²) in [6.07, 6.45) is -0.267. The number of nitroso groups, excluding NO2 is 1. The van der Waals surface area contributed by atoms with Crippen molar-refractivity contribution in [2.75, 3.05) is 0 Å². The lowest BCUT2D eigenvalue weighted by atomic mass is 10.2. The van der Waals surface area contributed by atoms with E-state index in [1.807, 2.05) is 0 Å². The molecule has 0 aliphatic carbocycles. The van der Waals surface area contributed by atoms with Crippen molar-refractivity contribution in [3.8, 4) is 0 Å². The number of carboxylic acids is 1. The summed E-state index contributed by atoms with van der Waals surface area (Å²) in [7, 11) is 0. The molecule has 0 fully saturated rings. The summed E-state index contributed by atoms with van der Waals surface area (Å²) >= 11 is 0. The Morgan fingerprint density at radius 3 is 2.36 bits per heavy atom. The molecule has 0 bridgehead atoms. The SMILES string of the molecule is NC(=O)CC[C@H](N=O)C(=O)O. The van der Waals surface area contributed by atoms with Gasteiger partial charge >= 0.3 is 5.97 Å². The molecular weight excluding hydrogens is 152 g/mol. The molecule has 0 aromatic carbocycles. The number of hydrogen-bond acceptors (Lipinski definition) is 4. The van der Waals surface area contributed by atoms with Gasteiger partial charge < -0.3 is 10.8 Å². The number of carbonyl (C=O) groups excluding carboxylic acids is 1. The molecule has 0 heterocycles. The highest BCUT2D eigenvalue weighted by molar-refractivity contribution is 5.77. The van der Waals surface area contributed by atoms with Crippen LogP contribution < -0.4 is 5.73 Å². The van der Waals surface area contributed by atoms with Crippen molar-refractivity contribution in [1.29, 1.82) is 0 Å². The van der Waals surface area contributed by atoms with Crippen LogP contribution in [0.5, 0.6) is 0 Å². The van der Waals surface area contributed by atoms with E-state index < -0.39 is 17.9 Å². The van der Waals surface area contributed by atoms with Crippen LogP contribution in [0.1, 0.15) is 12.8 Å². The molecule has 1 atom stereocenters. The highest BCUT2D eigenvalue weighted by Gasteiger charge is 2.17. The van der Waals surface area contributed by atoms with Crippen molar-refractivity contribution in [2.24, 2.45) is 10.9 Å². The molecule has 62 valence electrons. The third kappa shape index (κ3) is 4.01. The van der Waals surface area contributed by atoms with Gasteiger partial charge in [-0.3, -0.25) is 4.79 Å². The van der Waals surface area contributed by atoms with Gasteiger partial charge in [-0.2, -0.15) is 0 Å². The van der Waals surface area contributed by atoms with Crippen molar-refractivity contribution in [3.63, 3.8) is 0 Å². The predicted molar refractivity (Wildman–Crippen MR) is 35.6 cm³/mol. The van der Waals surface area contributed by atoms with E-state index in [1.54, 1.807) is 0 Å². The molecule has 3 N–H and O–H groups in total. The van der Waals surface area contributed by atoms with Crippen LogP contribution >= 0.6 is 0 Å². The number of aliphatic carboxylic acids is 1. The van der Waals surface area contributed by atoms with Gasteiger partial charge in [0.2, 0.25) is 5.91 Å². The minimum Gasteiger partial charge on any atom is -0.480 e. The number of rotatable bonds is 5. The number of primary amides is 1. The second-order valence-electron chi connectivity index (χ2n) is 1.96. The number of amides is 1. The highest BCUT2D eigenvalue weighted by atomic mass is 16.4. The van der Waals surface area contributed by atoms with Crippen LogP contribution in [-0.4, -0.2) is 23.0 Å². The van der Waals surface area contributed by atoms with E-state index in [9.17, 15) is 14.5 Å². The maximum Gasteiger partial charge on any atom is 0.332 e. The number of carboxylic acid groups (broad SMARTS) is 1. The number of nitrogens with zero attached hydrogens (tertiary/aromatic N) is 1. The van der Waals surface area contributed by atoms with Crippen molar-refractivity contribution in [2.45, 2.75) is 18.9 Å². The van der Waals surface area contributed by atoms with E-state index in [1.165, 1.54) is 0 Å². The zero-order valence-corrected chi connectivity index (χ0v) is 5.69. The van der Waals surface area contributed by atoms with Gasteiger partial charge in [0.15, 0.2) is 6.04 Å². The molecule has 0 radical (unpaired) electrons. The van der Waals surface area contributed by atoms with Crippen molar-refractivity contribution < 1.29 is 14.7 Å². The van der Waals surface area contributed by atoms with Gasteiger partial charge in [0, 0.05) is 6.42 Å². The lowest BCUT2D eigenvalue weighted by Gasteiger charge is -1.99. The normalized spacial score (nSPS) is 12.0. The van der Waals surface area contributed by atoms with Crippen LogP contribution in [-0.2, 0) is 9.59 Å². The Morgan fingerprint density at radius 2 is 2.09 bits per heavy atom. The second kappa shape index (κ2) is 4.37. The van der Waals surface area contributed by atoms with Crippen molar-refractivity contribution in [1.82, 2.24) is 0 Å². The van der Waals surface area contributed by atoms with Gasteiger partial charge in [0.05, 0.1) is 0 Å². The quantitative estimate of drug-likeness (QED) is 0.526. The average molecular weight is 160 g/mol. The second-order valence-corrected chi connectivity index (χ2v) is 1.96. The summed E-state index contributed by atoms with van der Waals surface area (Å²) in [4.78, 5) is 30.0. The van der Waals surface area contributed by atoms with Crippen molar-refractivity contribution >= 4 is 11.9 Å². The topological polar surface area (TPSA) is 110 Å². The largest absolute Gasteiger partial charge is 0.480 e. The van der Waals surface area contributed by atoms with Crippen LogP contribution in [0.15, 0.2) is 5.18 Å². The van der Waals surface area contributed by atoms with Crippen LogP contribution in [0, 0.1) is 4.91 Å². The molecular formula is C5H8N2O4. The molecule has 0 aliphatic rings. The number of carbonyl (C=O) groups is 2. The summed E-state index contributed by atoms with van der Waals surface area (Å²) in [5.74, 6) is -1.97. The van der Waals surface area contributed by atoms with Gasteiger partial charge in [-0.1, -0.05) is 5.18 Å². The Morgan fingerprint density at radius 1 is 1.55 bits per heavy atom. The molecule has 6 nitrogen and oxygen atoms in total. The van der Waals surface area contributed by atoms with Gasteiger partial charge in [-0.15, -0.1) is 4.91 Å². The van der Waals surface area contributed by atoms with E-state index in [4.69, 9.17) is 10.8 Å². The summed E-state index contributed by atoms with van der Waals surface area (Å²) < 4.78 is 0. The lowest BCUT2D eigenvalue weighted by molar-refractivity contribution is -0.138.